The molecular formula is C13H11FN2O2. The quantitative estimate of drug-likeness (QED) is 0.845. The monoisotopic (exact) mass is 246 g/mol. The number of carboxylic acid groups (broad SMARTS) is 1. The minimum atomic E-state index is -1.11. The average molecular weight is 246 g/mol. The molecule has 0 fully saturated rings. The highest BCUT2D eigenvalue weighted by atomic mass is 19.1. The van der Waals surface area contributed by atoms with Gasteiger partial charge in [0.15, 0.2) is 0 Å². The van der Waals surface area contributed by atoms with E-state index < -0.39 is 5.97 Å². The van der Waals surface area contributed by atoms with E-state index in [0.29, 0.717) is 16.8 Å². The van der Waals surface area contributed by atoms with Gasteiger partial charge in [-0.05, 0) is 24.3 Å². The first-order valence-electron chi connectivity index (χ1n) is 5.21. The Hall–Kier alpha value is -2.43. The van der Waals surface area contributed by atoms with Gasteiger partial charge in [-0.3, -0.25) is 4.68 Å². The SMILES string of the molecule is C=C(C(=O)O)c1cnn(C)c1-c1ccc(F)cc1. The van der Waals surface area contributed by atoms with E-state index in [-0.39, 0.29) is 11.4 Å². The van der Waals surface area contributed by atoms with Crippen LogP contribution < -0.4 is 0 Å². The van der Waals surface area contributed by atoms with E-state index in [1.165, 1.54) is 23.0 Å². The Morgan fingerprint density at radius 3 is 2.56 bits per heavy atom. The summed E-state index contributed by atoms with van der Waals surface area (Å²) >= 11 is 0. The van der Waals surface area contributed by atoms with Gasteiger partial charge in [-0.15, -0.1) is 0 Å². The fraction of sp³-hybridized carbons (Fsp3) is 0.0769. The molecule has 0 amide bonds. The molecule has 0 saturated carbocycles. The number of hydrogen-bond donors (Lipinski definition) is 1. The lowest BCUT2D eigenvalue weighted by atomic mass is 10.0. The van der Waals surface area contributed by atoms with Gasteiger partial charge >= 0.3 is 5.97 Å². The lowest BCUT2D eigenvalue weighted by molar-refractivity contribution is -0.130. The average Bonchev–Trinajstić information content (AvgIpc) is 2.71. The maximum atomic E-state index is 12.9. The highest BCUT2D eigenvalue weighted by Crippen LogP contribution is 2.27. The fourth-order valence-corrected chi connectivity index (χ4v) is 1.72. The summed E-state index contributed by atoms with van der Waals surface area (Å²) in [6, 6.07) is 5.78. The van der Waals surface area contributed by atoms with Gasteiger partial charge in [-0.1, -0.05) is 6.58 Å². The number of rotatable bonds is 3. The second-order valence-corrected chi connectivity index (χ2v) is 3.82. The van der Waals surface area contributed by atoms with E-state index in [1.54, 1.807) is 19.2 Å². The van der Waals surface area contributed by atoms with Crippen molar-refractivity contribution in [3.05, 3.63) is 48.4 Å². The number of aryl methyl sites for hydroxylation is 1. The van der Waals surface area contributed by atoms with Crippen molar-refractivity contribution in [2.24, 2.45) is 7.05 Å². The number of carbonyl (C=O) groups is 1. The number of aromatic nitrogens is 2. The van der Waals surface area contributed by atoms with Crippen LogP contribution in [0.4, 0.5) is 4.39 Å². The molecule has 2 rings (SSSR count). The minimum absolute atomic E-state index is 0.0394. The highest BCUT2D eigenvalue weighted by molar-refractivity contribution is 6.16. The maximum absolute atomic E-state index is 12.9. The Morgan fingerprint density at radius 1 is 1.39 bits per heavy atom. The molecule has 0 unspecified atom stereocenters. The van der Waals surface area contributed by atoms with Crippen molar-refractivity contribution in [3.63, 3.8) is 0 Å². The summed E-state index contributed by atoms with van der Waals surface area (Å²) in [5.74, 6) is -1.45. The molecule has 1 heterocycles. The molecule has 5 heteroatoms. The molecule has 1 aromatic heterocycles. The number of hydrogen-bond acceptors (Lipinski definition) is 2. The summed E-state index contributed by atoms with van der Waals surface area (Å²) in [5.41, 5.74) is 1.68. The molecule has 0 aliphatic rings. The van der Waals surface area contributed by atoms with E-state index in [0.717, 1.165) is 0 Å². The van der Waals surface area contributed by atoms with Gasteiger partial charge in [0, 0.05) is 18.2 Å². The van der Waals surface area contributed by atoms with Gasteiger partial charge in [0.2, 0.25) is 0 Å². The van der Waals surface area contributed by atoms with Crippen molar-refractivity contribution < 1.29 is 14.3 Å². The van der Waals surface area contributed by atoms with Crippen LogP contribution in [0.5, 0.6) is 0 Å². The van der Waals surface area contributed by atoms with Crippen molar-refractivity contribution in [1.29, 1.82) is 0 Å². The third-order valence-electron chi connectivity index (χ3n) is 2.64. The Kier molecular flexibility index (Phi) is 2.97. The fourth-order valence-electron chi connectivity index (χ4n) is 1.72. The lowest BCUT2D eigenvalue weighted by Crippen LogP contribution is -2.00. The third-order valence-corrected chi connectivity index (χ3v) is 2.64. The molecule has 92 valence electrons. The molecule has 1 N–H and O–H groups in total. The first-order chi connectivity index (χ1) is 8.50. The van der Waals surface area contributed by atoms with E-state index in [9.17, 15) is 9.18 Å². The van der Waals surface area contributed by atoms with E-state index in [2.05, 4.69) is 11.7 Å². The number of nitrogens with zero attached hydrogens (tertiary/aromatic N) is 2. The molecule has 0 radical (unpaired) electrons. The zero-order valence-corrected chi connectivity index (χ0v) is 9.72. The third kappa shape index (κ3) is 2.02. The number of aliphatic carboxylic acids is 1. The van der Waals surface area contributed by atoms with Gasteiger partial charge in [-0.25, -0.2) is 9.18 Å². The molecule has 2 aromatic rings. The number of carboxylic acids is 1. The van der Waals surface area contributed by atoms with Gasteiger partial charge < -0.3 is 5.11 Å². The van der Waals surface area contributed by atoms with Crippen LogP contribution in [-0.2, 0) is 11.8 Å². The summed E-state index contributed by atoms with van der Waals surface area (Å²) < 4.78 is 14.4. The van der Waals surface area contributed by atoms with Crippen molar-refractivity contribution >= 4 is 11.5 Å². The maximum Gasteiger partial charge on any atom is 0.335 e. The molecular weight excluding hydrogens is 235 g/mol. The van der Waals surface area contributed by atoms with Crippen molar-refractivity contribution in [2.75, 3.05) is 0 Å². The van der Waals surface area contributed by atoms with E-state index in [4.69, 9.17) is 5.11 Å². The van der Waals surface area contributed by atoms with Crippen LogP contribution in [0.15, 0.2) is 37.0 Å². The Labute approximate surface area is 103 Å². The number of benzene rings is 1. The molecule has 18 heavy (non-hydrogen) atoms. The Morgan fingerprint density at radius 2 is 2.00 bits per heavy atom. The first kappa shape index (κ1) is 12.0. The molecule has 0 spiro atoms. The summed E-state index contributed by atoms with van der Waals surface area (Å²) in [5, 5.41) is 13.0. The van der Waals surface area contributed by atoms with E-state index >= 15 is 0 Å². The standard InChI is InChI=1S/C13H11FN2O2/c1-8(13(17)18)11-7-15-16(2)12(11)9-3-5-10(14)6-4-9/h3-7H,1H2,2H3,(H,17,18). The molecule has 0 aliphatic carbocycles. The zero-order valence-electron chi connectivity index (χ0n) is 9.72. The molecule has 4 nitrogen and oxygen atoms in total. The van der Waals surface area contributed by atoms with Crippen molar-refractivity contribution in [2.45, 2.75) is 0 Å². The van der Waals surface area contributed by atoms with Crippen LogP contribution in [0.25, 0.3) is 16.8 Å². The Balaban J connectivity index is 2.57. The predicted octanol–water partition coefficient (Wildman–Crippen LogP) is 2.32. The first-order valence-corrected chi connectivity index (χ1v) is 5.21. The second kappa shape index (κ2) is 4.44. The number of halogens is 1. The van der Waals surface area contributed by atoms with Crippen LogP contribution in [0.1, 0.15) is 5.56 Å². The summed E-state index contributed by atoms with van der Waals surface area (Å²) in [6.07, 6.45) is 1.44. The van der Waals surface area contributed by atoms with Crippen molar-refractivity contribution in [1.82, 2.24) is 9.78 Å². The normalized spacial score (nSPS) is 10.3. The second-order valence-electron chi connectivity index (χ2n) is 3.82. The van der Waals surface area contributed by atoms with Gasteiger partial charge in [0.05, 0.1) is 17.5 Å². The molecule has 0 atom stereocenters. The lowest BCUT2D eigenvalue weighted by Gasteiger charge is -2.06. The van der Waals surface area contributed by atoms with Crippen LogP contribution >= 0.6 is 0 Å². The van der Waals surface area contributed by atoms with E-state index in [1.807, 2.05) is 0 Å². The predicted molar refractivity (Wildman–Crippen MR) is 65.3 cm³/mol. The summed E-state index contributed by atoms with van der Waals surface area (Å²) in [4.78, 5) is 11.0. The largest absolute Gasteiger partial charge is 0.478 e. The smallest absolute Gasteiger partial charge is 0.335 e. The van der Waals surface area contributed by atoms with Crippen LogP contribution in [0.2, 0.25) is 0 Å². The Bertz CT molecular complexity index is 614. The summed E-state index contributed by atoms with van der Waals surface area (Å²) in [6.45, 7) is 3.51. The summed E-state index contributed by atoms with van der Waals surface area (Å²) in [7, 11) is 1.69. The van der Waals surface area contributed by atoms with Crippen LogP contribution in [0.3, 0.4) is 0 Å². The topological polar surface area (TPSA) is 55.1 Å². The molecule has 0 aliphatic heterocycles. The van der Waals surface area contributed by atoms with Crippen LogP contribution in [-0.4, -0.2) is 20.9 Å². The van der Waals surface area contributed by atoms with Crippen LogP contribution in [0, 0.1) is 5.82 Å². The zero-order chi connectivity index (χ0) is 13.3. The van der Waals surface area contributed by atoms with Gasteiger partial charge in [-0.2, -0.15) is 5.10 Å². The molecule has 0 saturated heterocycles. The van der Waals surface area contributed by atoms with Crippen molar-refractivity contribution in [3.8, 4) is 11.3 Å². The minimum Gasteiger partial charge on any atom is -0.478 e. The van der Waals surface area contributed by atoms with Gasteiger partial charge in [0.25, 0.3) is 0 Å². The highest BCUT2D eigenvalue weighted by Gasteiger charge is 2.17. The molecule has 0 bridgehead atoms. The van der Waals surface area contributed by atoms with Gasteiger partial charge in [0.1, 0.15) is 5.82 Å². The molecule has 1 aromatic carbocycles.